The molecule has 2 rings (SSSR count). The molecule has 0 unspecified atom stereocenters. The Bertz CT molecular complexity index is 458. The van der Waals surface area contributed by atoms with Crippen LogP contribution in [0.1, 0.15) is 38.8 Å². The number of allylic oxidation sites excluding steroid dienone is 1. The highest BCUT2D eigenvalue weighted by Gasteiger charge is 2.24. The number of rotatable bonds is 1. The monoisotopic (exact) mass is 217 g/mol. The summed E-state index contributed by atoms with van der Waals surface area (Å²) in [6, 6.07) is 4.00. The van der Waals surface area contributed by atoms with Gasteiger partial charge in [-0.05, 0) is 50.5 Å². The molecule has 1 aromatic carbocycles. The fourth-order valence-corrected chi connectivity index (χ4v) is 2.31. The molecule has 2 heteroatoms. The molecule has 2 nitrogen and oxygen atoms in total. The molecular formula is C14H19NO. The summed E-state index contributed by atoms with van der Waals surface area (Å²) in [7, 11) is 0. The van der Waals surface area contributed by atoms with Crippen LogP contribution in [0.4, 0.5) is 5.69 Å². The van der Waals surface area contributed by atoms with Crippen molar-refractivity contribution in [2.45, 2.75) is 39.7 Å². The lowest BCUT2D eigenvalue weighted by atomic mass is 9.89. The van der Waals surface area contributed by atoms with Crippen LogP contribution in [-0.2, 0) is 6.42 Å². The first-order valence-electron chi connectivity index (χ1n) is 5.77. The fourth-order valence-electron chi connectivity index (χ4n) is 2.31. The quantitative estimate of drug-likeness (QED) is 0.705. The molecule has 86 valence electrons. The van der Waals surface area contributed by atoms with Gasteiger partial charge in [0.2, 0.25) is 0 Å². The van der Waals surface area contributed by atoms with Crippen LogP contribution in [0, 0.1) is 0 Å². The fraction of sp³-hybridized carbons (Fsp3) is 0.429. The summed E-state index contributed by atoms with van der Waals surface area (Å²) in [5, 5.41) is 13.4. The highest BCUT2D eigenvalue weighted by Crippen LogP contribution is 2.40. The van der Waals surface area contributed by atoms with Crippen LogP contribution in [0.25, 0.3) is 5.57 Å². The average Bonchev–Trinajstić information content (AvgIpc) is 2.18. The Morgan fingerprint density at radius 1 is 1.31 bits per heavy atom. The molecule has 1 aromatic rings. The zero-order chi connectivity index (χ0) is 11.9. The van der Waals surface area contributed by atoms with E-state index in [1.54, 1.807) is 0 Å². The predicted molar refractivity (Wildman–Crippen MR) is 68.8 cm³/mol. The Morgan fingerprint density at radius 2 is 2.00 bits per heavy atom. The van der Waals surface area contributed by atoms with Crippen molar-refractivity contribution >= 4 is 11.3 Å². The molecule has 0 aliphatic carbocycles. The molecular weight excluding hydrogens is 198 g/mol. The molecule has 1 aliphatic heterocycles. The largest absolute Gasteiger partial charge is 0.506 e. The Labute approximate surface area is 97.0 Å². The summed E-state index contributed by atoms with van der Waals surface area (Å²) in [6.45, 7) is 8.40. The number of nitrogens with one attached hydrogen (secondary N) is 1. The summed E-state index contributed by atoms with van der Waals surface area (Å²) >= 11 is 0. The second-order valence-corrected chi connectivity index (χ2v) is 5.07. The molecule has 0 saturated carbocycles. The Hall–Kier alpha value is -1.44. The summed E-state index contributed by atoms with van der Waals surface area (Å²) < 4.78 is 0. The van der Waals surface area contributed by atoms with Gasteiger partial charge < -0.3 is 10.4 Å². The van der Waals surface area contributed by atoms with E-state index in [4.69, 9.17) is 0 Å². The van der Waals surface area contributed by atoms with Crippen molar-refractivity contribution in [3.63, 3.8) is 0 Å². The van der Waals surface area contributed by atoms with E-state index in [-0.39, 0.29) is 5.54 Å². The summed E-state index contributed by atoms with van der Waals surface area (Å²) in [5.74, 6) is 0.356. The van der Waals surface area contributed by atoms with Gasteiger partial charge in [0, 0.05) is 5.56 Å². The van der Waals surface area contributed by atoms with Crippen molar-refractivity contribution in [1.29, 1.82) is 0 Å². The molecule has 0 spiro atoms. The Kier molecular flexibility index (Phi) is 2.45. The number of phenolic OH excluding ortho intramolecular Hbond substituents is 1. The van der Waals surface area contributed by atoms with Crippen LogP contribution in [0.2, 0.25) is 0 Å². The minimum atomic E-state index is -0.0949. The highest BCUT2D eigenvalue weighted by molar-refractivity contribution is 5.84. The van der Waals surface area contributed by atoms with Gasteiger partial charge in [-0.1, -0.05) is 13.0 Å². The summed E-state index contributed by atoms with van der Waals surface area (Å²) in [4.78, 5) is 0. The van der Waals surface area contributed by atoms with Gasteiger partial charge in [0.05, 0.1) is 11.2 Å². The third-order valence-corrected chi connectivity index (χ3v) is 3.03. The molecule has 0 radical (unpaired) electrons. The number of benzene rings is 1. The molecule has 2 N–H and O–H groups in total. The number of aryl methyl sites for hydroxylation is 1. The molecule has 0 aromatic heterocycles. The first-order chi connectivity index (χ1) is 7.43. The maximum Gasteiger partial charge on any atom is 0.139 e. The number of anilines is 1. The number of hydrogen-bond acceptors (Lipinski definition) is 2. The van der Waals surface area contributed by atoms with E-state index in [9.17, 15) is 5.11 Å². The van der Waals surface area contributed by atoms with Crippen molar-refractivity contribution in [1.82, 2.24) is 0 Å². The van der Waals surface area contributed by atoms with Gasteiger partial charge in [-0.25, -0.2) is 0 Å². The first kappa shape index (κ1) is 11.1. The van der Waals surface area contributed by atoms with Gasteiger partial charge in [-0.2, -0.15) is 0 Å². The number of hydrogen-bond donors (Lipinski definition) is 2. The molecule has 0 fully saturated rings. The van der Waals surface area contributed by atoms with Crippen LogP contribution in [-0.4, -0.2) is 10.6 Å². The van der Waals surface area contributed by atoms with Crippen molar-refractivity contribution in [2.75, 3.05) is 5.32 Å². The zero-order valence-corrected chi connectivity index (χ0v) is 10.4. The lowest BCUT2D eigenvalue weighted by Gasteiger charge is -2.32. The van der Waals surface area contributed by atoms with E-state index in [1.807, 2.05) is 6.07 Å². The second-order valence-electron chi connectivity index (χ2n) is 5.07. The van der Waals surface area contributed by atoms with E-state index >= 15 is 0 Å². The van der Waals surface area contributed by atoms with Gasteiger partial charge in [0.1, 0.15) is 5.75 Å². The van der Waals surface area contributed by atoms with Crippen molar-refractivity contribution < 1.29 is 5.11 Å². The first-order valence-corrected chi connectivity index (χ1v) is 5.77. The Morgan fingerprint density at radius 3 is 2.62 bits per heavy atom. The van der Waals surface area contributed by atoms with Crippen LogP contribution >= 0.6 is 0 Å². The van der Waals surface area contributed by atoms with Gasteiger partial charge in [-0.15, -0.1) is 0 Å². The van der Waals surface area contributed by atoms with Gasteiger partial charge in [-0.3, -0.25) is 0 Å². The van der Waals surface area contributed by atoms with Crippen molar-refractivity contribution in [2.24, 2.45) is 0 Å². The third-order valence-electron chi connectivity index (χ3n) is 3.03. The summed E-state index contributed by atoms with van der Waals surface area (Å²) in [5.41, 5.74) is 4.29. The smallest absolute Gasteiger partial charge is 0.139 e. The van der Waals surface area contributed by atoms with Crippen molar-refractivity contribution in [3.05, 3.63) is 29.3 Å². The lowest BCUT2D eigenvalue weighted by molar-refractivity contribution is 0.474. The average molecular weight is 217 g/mol. The maximum absolute atomic E-state index is 10.0. The highest BCUT2D eigenvalue weighted by atomic mass is 16.3. The molecule has 1 aliphatic rings. The van der Waals surface area contributed by atoms with Crippen molar-refractivity contribution in [3.8, 4) is 5.75 Å². The topological polar surface area (TPSA) is 32.3 Å². The normalized spacial score (nSPS) is 17.4. The number of aromatic hydroxyl groups is 1. The predicted octanol–water partition coefficient (Wildman–Crippen LogP) is 3.56. The molecule has 16 heavy (non-hydrogen) atoms. The molecule has 0 bridgehead atoms. The summed E-state index contributed by atoms with van der Waals surface area (Å²) in [6.07, 6.45) is 3.14. The second kappa shape index (κ2) is 3.55. The lowest BCUT2D eigenvalue weighted by Crippen LogP contribution is -2.31. The third kappa shape index (κ3) is 1.80. The standard InChI is InChI=1S/C14H19NO/c1-5-10-6-11-9(2)8-14(3,4)15-13(11)12(16)7-10/h6-8,15-16H,5H2,1-4H3. The van der Waals surface area contributed by atoms with E-state index in [1.165, 1.54) is 11.1 Å². The number of phenols is 1. The Balaban J connectivity index is 2.61. The van der Waals surface area contributed by atoms with Gasteiger partial charge in [0.15, 0.2) is 0 Å². The molecule has 0 atom stereocenters. The van der Waals surface area contributed by atoms with E-state index in [0.717, 1.165) is 17.7 Å². The van der Waals surface area contributed by atoms with Crippen LogP contribution in [0.3, 0.4) is 0 Å². The maximum atomic E-state index is 10.0. The van der Waals surface area contributed by atoms with Crippen LogP contribution in [0.15, 0.2) is 18.2 Å². The van der Waals surface area contributed by atoms with E-state index in [2.05, 4.69) is 45.2 Å². The minimum absolute atomic E-state index is 0.0949. The number of fused-ring (bicyclic) bond motifs is 1. The molecule has 1 heterocycles. The van der Waals surface area contributed by atoms with Crippen LogP contribution in [0.5, 0.6) is 5.75 Å². The SMILES string of the molecule is CCc1cc(O)c2c(c1)C(C)=CC(C)(C)N2. The molecule has 0 amide bonds. The minimum Gasteiger partial charge on any atom is -0.506 e. The van der Waals surface area contributed by atoms with Gasteiger partial charge in [0.25, 0.3) is 0 Å². The van der Waals surface area contributed by atoms with E-state index in [0.29, 0.717) is 5.75 Å². The zero-order valence-electron chi connectivity index (χ0n) is 10.4. The van der Waals surface area contributed by atoms with E-state index < -0.39 is 0 Å². The van der Waals surface area contributed by atoms with Crippen LogP contribution < -0.4 is 5.32 Å². The van der Waals surface area contributed by atoms with Gasteiger partial charge >= 0.3 is 0 Å². The molecule has 0 saturated heterocycles.